The Balaban J connectivity index is 1.93. The summed E-state index contributed by atoms with van der Waals surface area (Å²) in [6.45, 7) is 2.03. The van der Waals surface area contributed by atoms with Crippen LogP contribution in [0.5, 0.6) is 0 Å². The molecule has 1 N–H and O–H groups in total. The molecule has 0 spiro atoms. The molecule has 1 atom stereocenters. The predicted octanol–water partition coefficient (Wildman–Crippen LogP) is 3.95. The molecular weight excluding hydrogens is 264 g/mol. The Labute approximate surface area is 116 Å². The van der Waals surface area contributed by atoms with Crippen LogP contribution in [0.1, 0.15) is 35.1 Å². The molecule has 0 saturated heterocycles. The molecule has 1 aromatic heterocycles. The molecule has 2 aromatic rings. The molecule has 1 aliphatic rings. The minimum absolute atomic E-state index is 0.176. The monoisotopic (exact) mass is 278 g/mol. The highest BCUT2D eigenvalue weighted by atomic mass is 35.5. The highest BCUT2D eigenvalue weighted by molar-refractivity contribution is 7.09. The first kappa shape index (κ1) is 12.2. The number of hydrogen-bond donors (Lipinski definition) is 1. The maximum Gasteiger partial charge on any atom is 0.114 e. The van der Waals surface area contributed by atoms with Gasteiger partial charge in [-0.25, -0.2) is 4.98 Å². The van der Waals surface area contributed by atoms with Crippen LogP contribution in [0.2, 0.25) is 5.02 Å². The molecule has 1 aliphatic carbocycles. The van der Waals surface area contributed by atoms with E-state index in [1.165, 1.54) is 18.4 Å². The van der Waals surface area contributed by atoms with Crippen molar-refractivity contribution in [2.45, 2.75) is 31.8 Å². The third-order valence-electron chi connectivity index (χ3n) is 3.05. The van der Waals surface area contributed by atoms with Gasteiger partial charge in [0.2, 0.25) is 0 Å². The van der Waals surface area contributed by atoms with E-state index in [4.69, 9.17) is 11.6 Å². The Morgan fingerprint density at radius 2 is 2.28 bits per heavy atom. The van der Waals surface area contributed by atoms with Crippen LogP contribution in [0.15, 0.2) is 29.6 Å². The summed E-state index contributed by atoms with van der Waals surface area (Å²) in [6.07, 6.45) is 2.53. The summed E-state index contributed by atoms with van der Waals surface area (Å²) in [7, 11) is 0. The molecule has 1 saturated carbocycles. The second-order valence-electron chi connectivity index (χ2n) is 4.76. The number of halogens is 1. The van der Waals surface area contributed by atoms with Crippen LogP contribution >= 0.6 is 22.9 Å². The number of nitrogens with one attached hydrogen (secondary N) is 1. The molecule has 1 aromatic carbocycles. The van der Waals surface area contributed by atoms with E-state index in [9.17, 15) is 0 Å². The summed E-state index contributed by atoms with van der Waals surface area (Å²) in [6, 6.07) is 8.86. The Morgan fingerprint density at radius 1 is 1.44 bits per heavy atom. The summed E-state index contributed by atoms with van der Waals surface area (Å²) in [5.41, 5.74) is 2.28. The molecule has 2 nitrogen and oxygen atoms in total. The van der Waals surface area contributed by atoms with Crippen molar-refractivity contribution in [3.05, 3.63) is 50.9 Å². The fourth-order valence-electron chi connectivity index (χ4n) is 1.99. The second kappa shape index (κ2) is 5.00. The van der Waals surface area contributed by atoms with Crippen LogP contribution in [-0.2, 0) is 0 Å². The van der Waals surface area contributed by atoms with E-state index >= 15 is 0 Å². The lowest BCUT2D eigenvalue weighted by molar-refractivity contribution is 0.597. The first-order valence-electron chi connectivity index (χ1n) is 6.16. The van der Waals surface area contributed by atoms with Gasteiger partial charge in [-0.15, -0.1) is 11.3 Å². The van der Waals surface area contributed by atoms with E-state index in [1.54, 1.807) is 11.3 Å². The number of aryl methyl sites for hydroxylation is 1. The van der Waals surface area contributed by atoms with Gasteiger partial charge in [-0.05, 0) is 37.5 Å². The lowest BCUT2D eigenvalue weighted by Gasteiger charge is -2.17. The zero-order valence-corrected chi connectivity index (χ0v) is 11.8. The van der Waals surface area contributed by atoms with Gasteiger partial charge in [0.1, 0.15) is 5.01 Å². The third-order valence-corrected chi connectivity index (χ3v) is 4.31. The molecule has 0 aliphatic heterocycles. The topological polar surface area (TPSA) is 24.9 Å². The molecule has 1 fully saturated rings. The van der Waals surface area contributed by atoms with E-state index in [0.717, 1.165) is 15.7 Å². The molecule has 0 amide bonds. The molecular formula is C14H15ClN2S. The number of benzene rings is 1. The van der Waals surface area contributed by atoms with Crippen molar-refractivity contribution in [2.24, 2.45) is 0 Å². The number of thiazole rings is 1. The van der Waals surface area contributed by atoms with E-state index in [2.05, 4.69) is 21.7 Å². The number of rotatable bonds is 4. The average Bonchev–Trinajstić information content (AvgIpc) is 3.07. The molecule has 94 valence electrons. The zero-order chi connectivity index (χ0) is 12.5. The summed E-state index contributed by atoms with van der Waals surface area (Å²) in [5.74, 6) is 0. The van der Waals surface area contributed by atoms with Crippen molar-refractivity contribution in [2.75, 3.05) is 0 Å². The Bertz CT molecular complexity index is 548. The van der Waals surface area contributed by atoms with Gasteiger partial charge < -0.3 is 5.32 Å². The SMILES string of the molecule is Cc1csc(C(NC2CC2)c2cccc(Cl)c2)n1. The molecule has 1 unspecified atom stereocenters. The van der Waals surface area contributed by atoms with Gasteiger partial charge in [0.15, 0.2) is 0 Å². The standard InChI is InChI=1S/C14H15ClN2S/c1-9-8-18-14(16-9)13(17-12-5-6-12)10-3-2-4-11(15)7-10/h2-4,7-8,12-13,17H,5-6H2,1H3. The van der Waals surface area contributed by atoms with Crippen LogP contribution < -0.4 is 5.32 Å². The summed E-state index contributed by atoms with van der Waals surface area (Å²) in [5, 5.41) is 7.66. The molecule has 18 heavy (non-hydrogen) atoms. The van der Waals surface area contributed by atoms with Crippen molar-refractivity contribution < 1.29 is 0 Å². The van der Waals surface area contributed by atoms with Gasteiger partial charge in [-0.1, -0.05) is 23.7 Å². The Morgan fingerprint density at radius 3 is 2.89 bits per heavy atom. The Kier molecular flexibility index (Phi) is 3.37. The number of aromatic nitrogens is 1. The first-order valence-corrected chi connectivity index (χ1v) is 7.41. The lowest BCUT2D eigenvalue weighted by Crippen LogP contribution is -2.24. The Hall–Kier alpha value is -0.900. The highest BCUT2D eigenvalue weighted by Crippen LogP contribution is 2.31. The fraction of sp³-hybridized carbons (Fsp3) is 0.357. The maximum atomic E-state index is 6.09. The van der Waals surface area contributed by atoms with Gasteiger partial charge >= 0.3 is 0 Å². The number of hydrogen-bond acceptors (Lipinski definition) is 3. The van der Waals surface area contributed by atoms with Gasteiger partial charge in [-0.3, -0.25) is 0 Å². The van der Waals surface area contributed by atoms with Gasteiger partial charge in [-0.2, -0.15) is 0 Å². The van der Waals surface area contributed by atoms with Crippen LogP contribution in [0.3, 0.4) is 0 Å². The zero-order valence-electron chi connectivity index (χ0n) is 10.2. The molecule has 3 rings (SSSR count). The summed E-state index contributed by atoms with van der Waals surface area (Å²) >= 11 is 7.80. The van der Waals surface area contributed by atoms with E-state index in [0.29, 0.717) is 6.04 Å². The van der Waals surface area contributed by atoms with E-state index in [-0.39, 0.29) is 6.04 Å². The van der Waals surface area contributed by atoms with Crippen molar-refractivity contribution in [3.63, 3.8) is 0 Å². The van der Waals surface area contributed by atoms with Gasteiger partial charge in [0, 0.05) is 22.1 Å². The van der Waals surface area contributed by atoms with Crippen molar-refractivity contribution in [1.82, 2.24) is 10.3 Å². The second-order valence-corrected chi connectivity index (χ2v) is 6.08. The molecule has 0 radical (unpaired) electrons. The molecule has 1 heterocycles. The average molecular weight is 279 g/mol. The minimum Gasteiger partial charge on any atom is -0.301 e. The maximum absolute atomic E-state index is 6.09. The minimum atomic E-state index is 0.176. The van der Waals surface area contributed by atoms with Crippen molar-refractivity contribution in [3.8, 4) is 0 Å². The van der Waals surface area contributed by atoms with Crippen LogP contribution in [0.25, 0.3) is 0 Å². The van der Waals surface area contributed by atoms with Crippen molar-refractivity contribution >= 4 is 22.9 Å². The van der Waals surface area contributed by atoms with E-state index in [1.807, 2.05) is 25.1 Å². The van der Waals surface area contributed by atoms with Crippen LogP contribution in [0, 0.1) is 6.92 Å². The largest absolute Gasteiger partial charge is 0.301 e. The summed E-state index contributed by atoms with van der Waals surface area (Å²) < 4.78 is 0. The highest BCUT2D eigenvalue weighted by Gasteiger charge is 2.27. The van der Waals surface area contributed by atoms with Gasteiger partial charge in [0.05, 0.1) is 6.04 Å². The van der Waals surface area contributed by atoms with Crippen LogP contribution in [-0.4, -0.2) is 11.0 Å². The fourth-order valence-corrected chi connectivity index (χ4v) is 3.07. The normalized spacial score (nSPS) is 16.8. The predicted molar refractivity (Wildman–Crippen MR) is 76.3 cm³/mol. The first-order chi connectivity index (χ1) is 8.72. The molecule has 0 bridgehead atoms. The third kappa shape index (κ3) is 2.74. The number of nitrogens with zero attached hydrogens (tertiary/aromatic N) is 1. The molecule has 4 heteroatoms. The van der Waals surface area contributed by atoms with Crippen LogP contribution in [0.4, 0.5) is 0 Å². The van der Waals surface area contributed by atoms with Gasteiger partial charge in [0.25, 0.3) is 0 Å². The quantitative estimate of drug-likeness (QED) is 0.916. The van der Waals surface area contributed by atoms with E-state index < -0.39 is 0 Å². The summed E-state index contributed by atoms with van der Waals surface area (Å²) in [4.78, 5) is 4.61. The smallest absolute Gasteiger partial charge is 0.114 e. The van der Waals surface area contributed by atoms with Crippen molar-refractivity contribution in [1.29, 1.82) is 0 Å². The lowest BCUT2D eigenvalue weighted by atomic mass is 10.1.